The Labute approximate surface area is 74.9 Å². The van der Waals surface area contributed by atoms with Gasteiger partial charge in [-0.15, -0.1) is 0 Å². The Kier molecular flexibility index (Phi) is 1.76. The minimum absolute atomic E-state index is 0.261. The zero-order chi connectivity index (χ0) is 9.59. The highest BCUT2D eigenvalue weighted by Gasteiger charge is 2.54. The van der Waals surface area contributed by atoms with Gasteiger partial charge in [-0.3, -0.25) is 9.59 Å². The van der Waals surface area contributed by atoms with Gasteiger partial charge >= 0.3 is 5.97 Å². The molecule has 0 saturated carbocycles. The molecule has 2 fully saturated rings. The lowest BCUT2D eigenvalue weighted by molar-refractivity contribution is -0.147. The number of rotatable bonds is 2. The number of fused-ring (bicyclic) bond motifs is 2. The fourth-order valence-corrected chi connectivity index (χ4v) is 2.35. The van der Waals surface area contributed by atoms with Crippen molar-refractivity contribution in [3.8, 4) is 0 Å². The number of carboxylic acids is 1. The molecule has 0 unspecified atom stereocenters. The van der Waals surface area contributed by atoms with E-state index in [4.69, 9.17) is 15.6 Å². The second-order valence-corrected chi connectivity index (χ2v) is 3.58. The predicted octanol–water partition coefficient (Wildman–Crippen LogP) is -0.650. The lowest BCUT2D eigenvalue weighted by atomic mass is 9.79. The predicted molar refractivity (Wildman–Crippen MR) is 41.7 cm³/mol. The molecule has 2 heterocycles. The van der Waals surface area contributed by atoms with Crippen molar-refractivity contribution in [3.05, 3.63) is 0 Å². The number of carbonyl (C=O) groups excluding carboxylic acids is 1. The second-order valence-electron chi connectivity index (χ2n) is 3.58. The molecule has 2 bridgehead atoms. The summed E-state index contributed by atoms with van der Waals surface area (Å²) in [6, 6.07) is 0. The number of hydrogen-bond donors (Lipinski definition) is 2. The molecule has 2 aliphatic rings. The van der Waals surface area contributed by atoms with Gasteiger partial charge in [0, 0.05) is 0 Å². The van der Waals surface area contributed by atoms with Crippen LogP contribution in [0.1, 0.15) is 12.8 Å². The third-order valence-electron chi connectivity index (χ3n) is 2.89. The number of carbonyl (C=O) groups is 2. The summed E-state index contributed by atoms with van der Waals surface area (Å²) in [6.07, 6.45) is 0.914. The summed E-state index contributed by atoms with van der Waals surface area (Å²) in [6.45, 7) is 0. The number of aliphatic carboxylic acids is 1. The Balaban J connectivity index is 2.24. The van der Waals surface area contributed by atoms with Crippen LogP contribution < -0.4 is 5.73 Å². The van der Waals surface area contributed by atoms with Gasteiger partial charge < -0.3 is 15.6 Å². The summed E-state index contributed by atoms with van der Waals surface area (Å²) < 4.78 is 5.34. The third kappa shape index (κ3) is 1.11. The van der Waals surface area contributed by atoms with Gasteiger partial charge in [0.25, 0.3) is 0 Å². The molecular weight excluding hydrogens is 174 g/mol. The summed E-state index contributed by atoms with van der Waals surface area (Å²) in [7, 11) is 0. The monoisotopic (exact) mass is 185 g/mol. The number of primary amides is 1. The van der Waals surface area contributed by atoms with E-state index in [0.717, 1.165) is 12.8 Å². The molecule has 5 nitrogen and oxygen atoms in total. The molecule has 0 aliphatic carbocycles. The van der Waals surface area contributed by atoms with Crippen LogP contribution in [0.2, 0.25) is 0 Å². The van der Waals surface area contributed by atoms with E-state index in [9.17, 15) is 9.59 Å². The Morgan fingerprint density at radius 3 is 2.15 bits per heavy atom. The average molecular weight is 185 g/mol. The summed E-state index contributed by atoms with van der Waals surface area (Å²) in [5, 5.41) is 8.87. The topological polar surface area (TPSA) is 89.6 Å². The second kappa shape index (κ2) is 2.70. The highest BCUT2D eigenvalue weighted by Crippen LogP contribution is 2.43. The van der Waals surface area contributed by atoms with Gasteiger partial charge in [-0.1, -0.05) is 0 Å². The molecule has 1 amide bonds. The van der Waals surface area contributed by atoms with Crippen LogP contribution in [0.25, 0.3) is 0 Å². The van der Waals surface area contributed by atoms with Crippen LogP contribution in [0, 0.1) is 11.8 Å². The smallest absolute Gasteiger partial charge is 0.310 e. The maximum absolute atomic E-state index is 11.0. The highest BCUT2D eigenvalue weighted by atomic mass is 16.5. The minimum atomic E-state index is -0.976. The zero-order valence-electron chi connectivity index (χ0n) is 6.97. The molecule has 5 heteroatoms. The standard InChI is InChI=1S/C8H11NO4/c9-7(10)5-3-1-2-4(13-3)6(5)8(11)12/h3-6H,1-2H2,(H2,9,10)(H,11,12)/t3-,4-,5-,6+/m1/s1. The summed E-state index contributed by atoms with van der Waals surface area (Å²) in [5.41, 5.74) is 5.13. The van der Waals surface area contributed by atoms with Crippen LogP contribution >= 0.6 is 0 Å². The maximum atomic E-state index is 11.0. The Morgan fingerprint density at radius 2 is 1.77 bits per heavy atom. The van der Waals surface area contributed by atoms with Crippen molar-refractivity contribution in [1.29, 1.82) is 0 Å². The van der Waals surface area contributed by atoms with Crippen LogP contribution in [0.4, 0.5) is 0 Å². The van der Waals surface area contributed by atoms with Crippen molar-refractivity contribution in [2.75, 3.05) is 0 Å². The van der Waals surface area contributed by atoms with Crippen molar-refractivity contribution in [2.24, 2.45) is 17.6 Å². The number of hydrogen-bond acceptors (Lipinski definition) is 3. The Morgan fingerprint density at radius 1 is 1.23 bits per heavy atom. The van der Waals surface area contributed by atoms with Gasteiger partial charge in [-0.05, 0) is 12.8 Å². The van der Waals surface area contributed by atoms with Crippen LogP contribution in [0.15, 0.2) is 0 Å². The Hall–Kier alpha value is -1.10. The first-order chi connectivity index (χ1) is 6.11. The van der Waals surface area contributed by atoms with Gasteiger partial charge in [-0.25, -0.2) is 0 Å². The molecule has 3 N–H and O–H groups in total. The molecule has 0 radical (unpaired) electrons. The first-order valence-corrected chi connectivity index (χ1v) is 4.29. The van der Waals surface area contributed by atoms with Gasteiger partial charge in [0.2, 0.25) is 5.91 Å². The number of ether oxygens (including phenoxy) is 1. The van der Waals surface area contributed by atoms with Crippen molar-refractivity contribution < 1.29 is 19.4 Å². The summed E-state index contributed by atoms with van der Waals surface area (Å²) in [5.74, 6) is -2.89. The minimum Gasteiger partial charge on any atom is -0.481 e. The highest BCUT2D eigenvalue weighted by molar-refractivity contribution is 5.85. The zero-order valence-corrected chi connectivity index (χ0v) is 6.97. The first-order valence-electron chi connectivity index (χ1n) is 4.29. The van der Waals surface area contributed by atoms with E-state index in [2.05, 4.69) is 0 Å². The van der Waals surface area contributed by atoms with E-state index < -0.39 is 23.7 Å². The molecule has 0 spiro atoms. The van der Waals surface area contributed by atoms with E-state index in [1.54, 1.807) is 0 Å². The quantitative estimate of drug-likeness (QED) is 0.598. The van der Waals surface area contributed by atoms with Crippen molar-refractivity contribution in [1.82, 2.24) is 0 Å². The third-order valence-corrected chi connectivity index (χ3v) is 2.89. The number of amides is 1. The molecular formula is C8H11NO4. The van der Waals surface area contributed by atoms with Crippen molar-refractivity contribution in [2.45, 2.75) is 25.0 Å². The van der Waals surface area contributed by atoms with Crippen molar-refractivity contribution in [3.63, 3.8) is 0 Å². The molecule has 2 rings (SSSR count). The molecule has 13 heavy (non-hydrogen) atoms. The SMILES string of the molecule is NC(=O)[C@H]1[C@@H](C(=O)O)[C@H]2CC[C@H]1O2. The van der Waals surface area contributed by atoms with Crippen LogP contribution in [-0.4, -0.2) is 29.2 Å². The fourth-order valence-electron chi connectivity index (χ4n) is 2.35. The largest absolute Gasteiger partial charge is 0.481 e. The Bertz CT molecular complexity index is 239. The van der Waals surface area contributed by atoms with E-state index in [-0.39, 0.29) is 12.2 Å². The number of carboxylic acid groups (broad SMARTS) is 1. The van der Waals surface area contributed by atoms with Crippen molar-refractivity contribution >= 4 is 11.9 Å². The van der Waals surface area contributed by atoms with Crippen LogP contribution in [0.5, 0.6) is 0 Å². The maximum Gasteiger partial charge on any atom is 0.310 e. The molecule has 0 aromatic carbocycles. The van der Waals surface area contributed by atoms with E-state index >= 15 is 0 Å². The lowest BCUT2D eigenvalue weighted by Crippen LogP contribution is -2.41. The van der Waals surface area contributed by atoms with E-state index in [1.165, 1.54) is 0 Å². The van der Waals surface area contributed by atoms with E-state index in [1.807, 2.05) is 0 Å². The van der Waals surface area contributed by atoms with Gasteiger partial charge in [0.05, 0.1) is 24.0 Å². The number of nitrogens with two attached hydrogens (primary N) is 1. The van der Waals surface area contributed by atoms with Crippen LogP contribution in [0.3, 0.4) is 0 Å². The van der Waals surface area contributed by atoms with Crippen LogP contribution in [-0.2, 0) is 14.3 Å². The molecule has 2 aliphatic heterocycles. The molecule has 4 atom stereocenters. The average Bonchev–Trinajstić information content (AvgIpc) is 2.60. The molecule has 2 saturated heterocycles. The summed E-state index contributed by atoms with van der Waals surface area (Å²) >= 11 is 0. The van der Waals surface area contributed by atoms with Gasteiger partial charge in [0.1, 0.15) is 0 Å². The first kappa shape index (κ1) is 8.50. The molecule has 0 aromatic rings. The van der Waals surface area contributed by atoms with Gasteiger partial charge in [0.15, 0.2) is 0 Å². The van der Waals surface area contributed by atoms with Gasteiger partial charge in [-0.2, -0.15) is 0 Å². The summed E-state index contributed by atoms with van der Waals surface area (Å²) in [4.78, 5) is 21.8. The fraction of sp³-hybridized carbons (Fsp3) is 0.750. The molecule has 0 aromatic heterocycles. The lowest BCUT2D eigenvalue weighted by Gasteiger charge is -2.21. The molecule has 72 valence electrons. The normalized spacial score (nSPS) is 42.2. The van der Waals surface area contributed by atoms with E-state index in [0.29, 0.717) is 0 Å².